The summed E-state index contributed by atoms with van der Waals surface area (Å²) in [6.07, 6.45) is 18.5. The van der Waals surface area contributed by atoms with Crippen LogP contribution in [0.4, 0.5) is 0 Å². The Morgan fingerprint density at radius 1 is 1.00 bits per heavy atom. The van der Waals surface area contributed by atoms with Crippen molar-refractivity contribution >= 4 is 0 Å². The van der Waals surface area contributed by atoms with E-state index in [4.69, 9.17) is 0 Å². The fourth-order valence-corrected chi connectivity index (χ4v) is 0.918. The summed E-state index contributed by atoms with van der Waals surface area (Å²) in [6.45, 7) is 0. The van der Waals surface area contributed by atoms with Gasteiger partial charge in [-0.25, -0.2) is 0 Å². The van der Waals surface area contributed by atoms with Gasteiger partial charge in [-0.15, -0.1) is 0 Å². The van der Waals surface area contributed by atoms with Gasteiger partial charge in [0.15, 0.2) is 0 Å². The summed E-state index contributed by atoms with van der Waals surface area (Å²) in [7, 11) is 0. The molecule has 0 nitrogen and oxygen atoms in total. The van der Waals surface area contributed by atoms with Gasteiger partial charge < -0.3 is 0 Å². The van der Waals surface area contributed by atoms with Gasteiger partial charge >= 0.3 is 0 Å². The molecule has 0 bridgehead atoms. The van der Waals surface area contributed by atoms with E-state index in [1.165, 1.54) is 12.8 Å². The fourth-order valence-electron chi connectivity index (χ4n) is 0.918. The molecule has 1 aliphatic rings. The van der Waals surface area contributed by atoms with E-state index >= 15 is 0 Å². The van der Waals surface area contributed by atoms with Crippen LogP contribution in [-0.4, -0.2) is 0 Å². The molecule has 0 fully saturated rings. The molecular formula is C10H13. The monoisotopic (exact) mass is 133 g/mol. The van der Waals surface area contributed by atoms with Crippen molar-refractivity contribution in [1.29, 1.82) is 0 Å². The van der Waals surface area contributed by atoms with Crippen molar-refractivity contribution in [1.82, 2.24) is 0 Å². The lowest BCUT2D eigenvalue weighted by Gasteiger charge is -1.90. The van der Waals surface area contributed by atoms with E-state index in [1.807, 2.05) is 6.08 Å². The van der Waals surface area contributed by atoms with Crippen LogP contribution in [0.25, 0.3) is 0 Å². The normalized spacial score (nSPS) is 28.8. The summed E-state index contributed by atoms with van der Waals surface area (Å²) in [6, 6.07) is 0. The van der Waals surface area contributed by atoms with E-state index < -0.39 is 0 Å². The fraction of sp³-hybridized carbons (Fsp3) is 0.400. The van der Waals surface area contributed by atoms with Crippen molar-refractivity contribution in [3.05, 3.63) is 36.5 Å². The summed E-state index contributed by atoms with van der Waals surface area (Å²) in [5.74, 6) is 0. The summed E-state index contributed by atoms with van der Waals surface area (Å²) in [5, 5.41) is 0. The highest BCUT2D eigenvalue weighted by atomic mass is 13.9. The van der Waals surface area contributed by atoms with Gasteiger partial charge in [-0.1, -0.05) is 30.4 Å². The van der Waals surface area contributed by atoms with Crippen LogP contribution >= 0.6 is 0 Å². The van der Waals surface area contributed by atoms with Crippen LogP contribution in [0, 0.1) is 6.08 Å². The van der Waals surface area contributed by atoms with Gasteiger partial charge in [-0.05, 0) is 31.8 Å². The molecule has 0 aromatic heterocycles. The second kappa shape index (κ2) is 5.04. The quantitative estimate of drug-likeness (QED) is 0.445. The van der Waals surface area contributed by atoms with Crippen LogP contribution < -0.4 is 0 Å². The minimum atomic E-state index is 1.06. The molecule has 0 aromatic carbocycles. The SMILES string of the molecule is [C]1=C\CCC/C=C\C\C=C/1. The number of hydrogen-bond acceptors (Lipinski definition) is 0. The zero-order valence-corrected chi connectivity index (χ0v) is 6.22. The Morgan fingerprint density at radius 2 is 2.00 bits per heavy atom. The Kier molecular flexibility index (Phi) is 3.69. The molecule has 10 heavy (non-hydrogen) atoms. The summed E-state index contributed by atoms with van der Waals surface area (Å²) in [4.78, 5) is 0. The van der Waals surface area contributed by atoms with Gasteiger partial charge in [0.1, 0.15) is 0 Å². The Bertz CT molecular complexity index is 149. The van der Waals surface area contributed by atoms with Crippen molar-refractivity contribution < 1.29 is 0 Å². The molecule has 0 heteroatoms. The third-order valence-corrected chi connectivity index (χ3v) is 1.49. The Morgan fingerprint density at radius 3 is 3.00 bits per heavy atom. The van der Waals surface area contributed by atoms with Crippen molar-refractivity contribution in [3.8, 4) is 0 Å². The topological polar surface area (TPSA) is 0 Å². The molecule has 0 atom stereocenters. The van der Waals surface area contributed by atoms with Gasteiger partial charge in [0.05, 0.1) is 0 Å². The summed E-state index contributed by atoms with van der Waals surface area (Å²) < 4.78 is 0. The van der Waals surface area contributed by atoms with Crippen molar-refractivity contribution in [2.45, 2.75) is 25.7 Å². The zero-order chi connectivity index (χ0) is 7.07. The van der Waals surface area contributed by atoms with E-state index in [0.717, 1.165) is 12.8 Å². The third kappa shape index (κ3) is 3.29. The predicted octanol–water partition coefficient (Wildman–Crippen LogP) is 3.03. The van der Waals surface area contributed by atoms with Crippen molar-refractivity contribution in [2.24, 2.45) is 0 Å². The Balaban J connectivity index is 2.38. The van der Waals surface area contributed by atoms with Crippen molar-refractivity contribution in [2.75, 3.05) is 0 Å². The predicted molar refractivity (Wildman–Crippen MR) is 44.6 cm³/mol. The summed E-state index contributed by atoms with van der Waals surface area (Å²) >= 11 is 0. The molecule has 53 valence electrons. The molecule has 1 aliphatic carbocycles. The molecule has 0 aliphatic heterocycles. The second-order valence-corrected chi connectivity index (χ2v) is 2.41. The van der Waals surface area contributed by atoms with E-state index in [1.54, 1.807) is 0 Å². The van der Waals surface area contributed by atoms with E-state index in [9.17, 15) is 0 Å². The first-order valence-corrected chi connectivity index (χ1v) is 3.88. The van der Waals surface area contributed by atoms with Crippen LogP contribution in [0.15, 0.2) is 30.4 Å². The first-order valence-electron chi connectivity index (χ1n) is 3.88. The zero-order valence-electron chi connectivity index (χ0n) is 6.22. The largest absolute Gasteiger partial charge is 0.0882 e. The highest BCUT2D eigenvalue weighted by Gasteiger charge is 1.81. The van der Waals surface area contributed by atoms with Gasteiger partial charge in [-0.2, -0.15) is 0 Å². The first-order chi connectivity index (χ1) is 5.00. The highest BCUT2D eigenvalue weighted by Crippen LogP contribution is 2.00. The standard InChI is InChI=1S/C10H13/c1-2-4-6-8-10-9-7-5-3-1/h1-2,5,7,10H,3-4,6,8H2/b2-1-,7-5-,10-9?. The van der Waals surface area contributed by atoms with Gasteiger partial charge in [0, 0.05) is 0 Å². The van der Waals surface area contributed by atoms with E-state index in [2.05, 4.69) is 30.4 Å². The molecule has 0 saturated carbocycles. The van der Waals surface area contributed by atoms with Crippen LogP contribution in [0.5, 0.6) is 0 Å². The van der Waals surface area contributed by atoms with Crippen LogP contribution in [0.2, 0.25) is 0 Å². The minimum Gasteiger partial charge on any atom is -0.0882 e. The maximum absolute atomic E-state index is 3.12. The summed E-state index contributed by atoms with van der Waals surface area (Å²) in [5.41, 5.74) is 0. The van der Waals surface area contributed by atoms with Crippen LogP contribution in [-0.2, 0) is 0 Å². The number of rotatable bonds is 0. The van der Waals surface area contributed by atoms with Gasteiger partial charge in [-0.3, -0.25) is 0 Å². The molecular weight excluding hydrogens is 120 g/mol. The maximum Gasteiger partial charge on any atom is -0.0166 e. The molecule has 0 saturated heterocycles. The highest BCUT2D eigenvalue weighted by molar-refractivity contribution is 5.00. The smallest absolute Gasteiger partial charge is 0.0166 e. The third-order valence-electron chi connectivity index (χ3n) is 1.49. The molecule has 1 radical (unpaired) electrons. The van der Waals surface area contributed by atoms with Crippen molar-refractivity contribution in [3.63, 3.8) is 0 Å². The van der Waals surface area contributed by atoms with Gasteiger partial charge in [0.25, 0.3) is 0 Å². The van der Waals surface area contributed by atoms with Crippen LogP contribution in [0.3, 0.4) is 0 Å². The lowest BCUT2D eigenvalue weighted by molar-refractivity contribution is 0.863. The lowest BCUT2D eigenvalue weighted by Crippen LogP contribution is -1.71. The van der Waals surface area contributed by atoms with E-state index in [0.29, 0.717) is 0 Å². The van der Waals surface area contributed by atoms with E-state index in [-0.39, 0.29) is 0 Å². The lowest BCUT2D eigenvalue weighted by atomic mass is 10.2. The molecule has 0 spiro atoms. The van der Waals surface area contributed by atoms with Crippen LogP contribution in [0.1, 0.15) is 25.7 Å². The molecule has 0 N–H and O–H groups in total. The Hall–Kier alpha value is -0.780. The average molecular weight is 133 g/mol. The maximum atomic E-state index is 3.12. The second-order valence-electron chi connectivity index (χ2n) is 2.41. The molecule has 0 unspecified atom stereocenters. The number of hydrogen-bond donors (Lipinski definition) is 0. The molecule has 0 amide bonds. The number of allylic oxidation sites excluding steroid dienone is 6. The molecule has 0 aromatic rings. The van der Waals surface area contributed by atoms with Gasteiger partial charge in [0.2, 0.25) is 0 Å². The molecule has 1 rings (SSSR count). The first kappa shape index (κ1) is 7.33. The molecule has 0 heterocycles. The Labute approximate surface area is 62.9 Å². The minimum absolute atomic E-state index is 1.06. The average Bonchev–Trinajstić information content (AvgIpc) is 2.01.